The number of methoxy groups -OCH3 is 1. The van der Waals surface area contributed by atoms with Crippen LogP contribution in [0.5, 0.6) is 5.75 Å². The van der Waals surface area contributed by atoms with E-state index >= 15 is 0 Å². The highest BCUT2D eigenvalue weighted by atomic mass is 35.5. The number of rotatable bonds is 3. The van der Waals surface area contributed by atoms with Gasteiger partial charge in [-0.1, -0.05) is 29.8 Å². The fourth-order valence-electron chi connectivity index (χ4n) is 2.39. The Kier molecular flexibility index (Phi) is 4.36. The fraction of sp³-hybridized carbons (Fsp3) is 0.294. The summed E-state index contributed by atoms with van der Waals surface area (Å²) in [5.41, 5.74) is 4.88. The third-order valence-corrected chi connectivity index (χ3v) is 4.01. The largest absolute Gasteiger partial charge is 0.496 e. The van der Waals surface area contributed by atoms with Crippen molar-refractivity contribution >= 4 is 11.6 Å². The van der Waals surface area contributed by atoms with E-state index in [0.29, 0.717) is 16.3 Å². The number of aliphatic hydroxyl groups excluding tert-OH is 1. The lowest BCUT2D eigenvalue weighted by Gasteiger charge is -2.19. The first-order chi connectivity index (χ1) is 9.45. The molecule has 2 rings (SSSR count). The molecule has 2 aromatic rings. The normalized spacial score (nSPS) is 12.3. The van der Waals surface area contributed by atoms with Crippen LogP contribution in [-0.2, 0) is 0 Å². The molecule has 1 atom stereocenters. The van der Waals surface area contributed by atoms with Gasteiger partial charge in [-0.3, -0.25) is 0 Å². The van der Waals surface area contributed by atoms with E-state index < -0.39 is 6.10 Å². The highest BCUT2D eigenvalue weighted by Gasteiger charge is 2.20. The Labute approximate surface area is 125 Å². The number of hydrogen-bond acceptors (Lipinski definition) is 2. The monoisotopic (exact) mass is 290 g/mol. The molecule has 1 N–H and O–H groups in total. The molecule has 2 aromatic carbocycles. The molecule has 2 nitrogen and oxygen atoms in total. The lowest BCUT2D eigenvalue weighted by Crippen LogP contribution is -2.06. The predicted octanol–water partition coefficient (Wildman–Crippen LogP) is 4.36. The summed E-state index contributed by atoms with van der Waals surface area (Å²) in [4.78, 5) is 0. The first kappa shape index (κ1) is 14.9. The van der Waals surface area contributed by atoms with E-state index in [1.807, 2.05) is 26.0 Å². The SMILES string of the molecule is COc1cccc(Cl)c1C(O)c1cc(C)c(C)cc1C. The molecule has 0 bridgehead atoms. The zero-order chi connectivity index (χ0) is 14.9. The van der Waals surface area contributed by atoms with E-state index in [9.17, 15) is 5.11 Å². The van der Waals surface area contributed by atoms with E-state index in [1.165, 1.54) is 5.56 Å². The van der Waals surface area contributed by atoms with Gasteiger partial charge in [-0.15, -0.1) is 0 Å². The van der Waals surface area contributed by atoms with Gasteiger partial charge in [0, 0.05) is 5.56 Å². The van der Waals surface area contributed by atoms with Crippen LogP contribution < -0.4 is 4.74 Å². The van der Waals surface area contributed by atoms with Crippen molar-refractivity contribution in [2.45, 2.75) is 26.9 Å². The van der Waals surface area contributed by atoms with Gasteiger partial charge in [-0.2, -0.15) is 0 Å². The van der Waals surface area contributed by atoms with Crippen LogP contribution in [0.4, 0.5) is 0 Å². The molecule has 1 unspecified atom stereocenters. The Morgan fingerprint density at radius 1 is 1.05 bits per heavy atom. The lowest BCUT2D eigenvalue weighted by atomic mass is 9.93. The third-order valence-electron chi connectivity index (χ3n) is 3.68. The van der Waals surface area contributed by atoms with Crippen LogP contribution in [0, 0.1) is 20.8 Å². The maximum absolute atomic E-state index is 10.7. The standard InChI is InChI=1S/C17H19ClO2/c1-10-8-12(3)13(9-11(10)2)17(19)16-14(18)6-5-7-15(16)20-4/h5-9,17,19H,1-4H3. The van der Waals surface area contributed by atoms with Gasteiger partial charge >= 0.3 is 0 Å². The summed E-state index contributed by atoms with van der Waals surface area (Å²) in [6.07, 6.45) is -0.794. The molecular weight excluding hydrogens is 272 g/mol. The van der Waals surface area contributed by atoms with Crippen LogP contribution in [-0.4, -0.2) is 12.2 Å². The van der Waals surface area contributed by atoms with E-state index in [2.05, 4.69) is 13.0 Å². The van der Waals surface area contributed by atoms with Crippen LogP contribution >= 0.6 is 11.6 Å². The number of aryl methyl sites for hydroxylation is 3. The van der Waals surface area contributed by atoms with Crippen LogP contribution in [0.1, 0.15) is 33.9 Å². The number of hydrogen-bond donors (Lipinski definition) is 1. The van der Waals surface area contributed by atoms with Crippen LogP contribution in [0.3, 0.4) is 0 Å². The molecule has 0 aromatic heterocycles. The first-order valence-electron chi connectivity index (χ1n) is 6.54. The molecule has 20 heavy (non-hydrogen) atoms. The number of aliphatic hydroxyl groups is 1. The van der Waals surface area contributed by atoms with Crippen LogP contribution in [0.2, 0.25) is 5.02 Å². The molecule has 0 saturated carbocycles. The Morgan fingerprint density at radius 2 is 1.70 bits per heavy atom. The quantitative estimate of drug-likeness (QED) is 0.910. The number of halogens is 1. The molecule has 0 aliphatic rings. The molecule has 0 radical (unpaired) electrons. The average molecular weight is 291 g/mol. The van der Waals surface area contributed by atoms with E-state index in [0.717, 1.165) is 16.7 Å². The molecule has 0 aliphatic heterocycles. The summed E-state index contributed by atoms with van der Waals surface area (Å²) < 4.78 is 5.32. The van der Waals surface area contributed by atoms with Crippen molar-refractivity contribution in [1.29, 1.82) is 0 Å². The molecule has 0 amide bonds. The second-order valence-corrected chi connectivity index (χ2v) is 5.46. The Balaban J connectivity index is 2.57. The van der Waals surface area contributed by atoms with Crippen LogP contribution in [0.25, 0.3) is 0 Å². The zero-order valence-corrected chi connectivity index (χ0v) is 13.0. The maximum atomic E-state index is 10.7. The fourth-order valence-corrected chi connectivity index (χ4v) is 2.66. The minimum Gasteiger partial charge on any atom is -0.496 e. The van der Waals surface area contributed by atoms with Crippen molar-refractivity contribution in [3.63, 3.8) is 0 Å². The van der Waals surface area contributed by atoms with Gasteiger partial charge in [-0.05, 0) is 55.2 Å². The van der Waals surface area contributed by atoms with Gasteiger partial charge in [0.1, 0.15) is 11.9 Å². The molecule has 0 saturated heterocycles. The van der Waals surface area contributed by atoms with E-state index in [1.54, 1.807) is 19.2 Å². The zero-order valence-electron chi connectivity index (χ0n) is 12.2. The molecule has 0 aliphatic carbocycles. The van der Waals surface area contributed by atoms with Gasteiger partial charge in [-0.25, -0.2) is 0 Å². The predicted molar refractivity (Wildman–Crippen MR) is 82.7 cm³/mol. The second-order valence-electron chi connectivity index (χ2n) is 5.05. The van der Waals surface area contributed by atoms with Crippen molar-refractivity contribution in [1.82, 2.24) is 0 Å². The summed E-state index contributed by atoms with van der Waals surface area (Å²) in [6.45, 7) is 6.09. The van der Waals surface area contributed by atoms with E-state index in [4.69, 9.17) is 16.3 Å². The summed E-state index contributed by atoms with van der Waals surface area (Å²) >= 11 is 6.24. The summed E-state index contributed by atoms with van der Waals surface area (Å²) in [5, 5.41) is 11.2. The van der Waals surface area contributed by atoms with Crippen molar-refractivity contribution in [3.05, 3.63) is 63.2 Å². The van der Waals surface area contributed by atoms with Crippen molar-refractivity contribution in [2.75, 3.05) is 7.11 Å². The smallest absolute Gasteiger partial charge is 0.126 e. The number of ether oxygens (including phenoxy) is 1. The molecule has 106 valence electrons. The van der Waals surface area contributed by atoms with E-state index in [-0.39, 0.29) is 0 Å². The summed E-state index contributed by atoms with van der Waals surface area (Å²) in [5.74, 6) is 0.600. The van der Waals surface area contributed by atoms with Gasteiger partial charge < -0.3 is 9.84 Å². The number of benzene rings is 2. The molecule has 0 fully saturated rings. The van der Waals surface area contributed by atoms with Crippen molar-refractivity contribution < 1.29 is 9.84 Å². The van der Waals surface area contributed by atoms with Crippen molar-refractivity contribution in [3.8, 4) is 5.75 Å². The Bertz CT molecular complexity index is 635. The van der Waals surface area contributed by atoms with Gasteiger partial charge in [0.05, 0.1) is 12.1 Å². The maximum Gasteiger partial charge on any atom is 0.126 e. The molecular formula is C17H19ClO2. The van der Waals surface area contributed by atoms with Gasteiger partial charge in [0.25, 0.3) is 0 Å². The second kappa shape index (κ2) is 5.86. The summed E-state index contributed by atoms with van der Waals surface area (Å²) in [6, 6.07) is 9.47. The lowest BCUT2D eigenvalue weighted by molar-refractivity contribution is 0.214. The molecule has 3 heteroatoms. The van der Waals surface area contributed by atoms with Gasteiger partial charge in [0.15, 0.2) is 0 Å². The first-order valence-corrected chi connectivity index (χ1v) is 6.91. The molecule has 0 spiro atoms. The minimum absolute atomic E-state index is 0.509. The third kappa shape index (κ3) is 2.67. The van der Waals surface area contributed by atoms with Gasteiger partial charge in [0.2, 0.25) is 0 Å². The summed E-state index contributed by atoms with van der Waals surface area (Å²) in [7, 11) is 1.58. The highest BCUT2D eigenvalue weighted by molar-refractivity contribution is 6.31. The Hall–Kier alpha value is -1.51. The Morgan fingerprint density at radius 3 is 2.35 bits per heavy atom. The van der Waals surface area contributed by atoms with Crippen molar-refractivity contribution in [2.24, 2.45) is 0 Å². The highest BCUT2D eigenvalue weighted by Crippen LogP contribution is 2.37. The topological polar surface area (TPSA) is 29.5 Å². The molecule has 0 heterocycles. The minimum atomic E-state index is -0.794. The van der Waals surface area contributed by atoms with Crippen LogP contribution in [0.15, 0.2) is 30.3 Å². The average Bonchev–Trinajstić information content (AvgIpc) is 2.41.